The quantitative estimate of drug-likeness (QED) is 0.190. The van der Waals surface area contributed by atoms with Gasteiger partial charge in [-0.3, -0.25) is 0 Å². The van der Waals surface area contributed by atoms with Gasteiger partial charge in [0, 0.05) is 6.42 Å². The van der Waals surface area contributed by atoms with Crippen LogP contribution in [0.15, 0.2) is 0 Å². The van der Waals surface area contributed by atoms with Crippen LogP contribution >= 0.6 is 12.0 Å². The van der Waals surface area contributed by atoms with E-state index in [0.717, 1.165) is 38.5 Å². The second kappa shape index (κ2) is 8.31. The number of ether oxygens (including phenoxy) is 1. The number of hydrogen-bond acceptors (Lipinski definition) is 7. The van der Waals surface area contributed by atoms with E-state index in [-0.39, 0.29) is 36.4 Å². The molecule has 3 unspecified atom stereocenters. The molecule has 0 heterocycles. The van der Waals surface area contributed by atoms with E-state index in [4.69, 9.17) is 9.99 Å². The highest BCUT2D eigenvalue weighted by molar-refractivity contribution is 7.96. The van der Waals surface area contributed by atoms with Crippen molar-refractivity contribution in [3.63, 3.8) is 0 Å². The Kier molecular flexibility index (Phi) is 6.49. The molecule has 6 nitrogen and oxygen atoms in total. The molecule has 0 aliphatic heterocycles. The van der Waals surface area contributed by atoms with E-state index >= 15 is 4.39 Å². The minimum absolute atomic E-state index is 0.0607. The van der Waals surface area contributed by atoms with Crippen molar-refractivity contribution in [2.24, 2.45) is 17.8 Å². The van der Waals surface area contributed by atoms with Crippen molar-refractivity contribution < 1.29 is 33.7 Å². The van der Waals surface area contributed by atoms with Gasteiger partial charge < -0.3 is 9.84 Å². The van der Waals surface area contributed by atoms with E-state index in [1.807, 2.05) is 0 Å². The number of rotatable bonds is 10. The molecule has 4 fully saturated rings. The number of hydrogen-bond donors (Lipinski definition) is 2. The maximum absolute atomic E-state index is 15.3. The van der Waals surface area contributed by atoms with E-state index in [2.05, 4.69) is 16.3 Å². The summed E-state index contributed by atoms with van der Waals surface area (Å²) in [7, 11) is 0. The Morgan fingerprint density at radius 2 is 1.92 bits per heavy atom. The monoisotopic (exact) mass is 392 g/mol. The highest BCUT2D eigenvalue weighted by Crippen LogP contribution is 2.57. The first-order valence-electron chi connectivity index (χ1n) is 9.68. The number of carbonyl (C=O) groups excluding carboxylic acids is 1. The van der Waals surface area contributed by atoms with E-state index < -0.39 is 16.6 Å². The van der Waals surface area contributed by atoms with Gasteiger partial charge in [0.15, 0.2) is 0 Å². The summed E-state index contributed by atoms with van der Waals surface area (Å²) in [6.07, 6.45) is 6.75. The standard InChI is InChI=1S/C18H29FO6S/c1-2-3-4-5-6-18(19,26-25-24-22)16(21)23-17-9-12-7-13(10-17)15(20)14(8-12)11-17/h12-15,20,22H,2-11H2,1H3. The van der Waals surface area contributed by atoms with E-state index in [1.165, 1.54) is 0 Å². The molecule has 8 heteroatoms. The lowest BCUT2D eigenvalue weighted by atomic mass is 9.53. The second-order valence-corrected chi connectivity index (χ2v) is 9.25. The van der Waals surface area contributed by atoms with Gasteiger partial charge in [0.1, 0.15) is 5.60 Å². The van der Waals surface area contributed by atoms with Crippen LogP contribution in [0.3, 0.4) is 0 Å². The maximum Gasteiger partial charge on any atom is 0.357 e. The first-order valence-corrected chi connectivity index (χ1v) is 10.4. The van der Waals surface area contributed by atoms with Crippen LogP contribution in [0.5, 0.6) is 0 Å². The molecule has 0 radical (unpaired) electrons. The molecule has 0 amide bonds. The fraction of sp³-hybridized carbons (Fsp3) is 0.944. The third-order valence-corrected chi connectivity index (χ3v) is 7.09. The van der Waals surface area contributed by atoms with Crippen LogP contribution in [0.2, 0.25) is 0 Å². The molecule has 0 saturated heterocycles. The summed E-state index contributed by atoms with van der Waals surface area (Å²) in [6.45, 7) is 2.05. The molecule has 2 N–H and O–H groups in total. The zero-order valence-electron chi connectivity index (χ0n) is 15.2. The highest BCUT2D eigenvalue weighted by Gasteiger charge is 2.58. The van der Waals surface area contributed by atoms with E-state index in [9.17, 15) is 9.90 Å². The molecule has 3 atom stereocenters. The molecule has 4 saturated carbocycles. The van der Waals surface area contributed by atoms with Gasteiger partial charge >= 0.3 is 5.97 Å². The van der Waals surface area contributed by atoms with Crippen molar-refractivity contribution in [1.29, 1.82) is 0 Å². The van der Waals surface area contributed by atoms with Gasteiger partial charge in [-0.05, 0) is 56.3 Å². The molecule has 0 aromatic heterocycles. The molecule has 26 heavy (non-hydrogen) atoms. The fourth-order valence-electron chi connectivity index (χ4n) is 5.35. The largest absolute Gasteiger partial charge is 0.456 e. The SMILES string of the molecule is CCCCCCC(F)(SOOO)C(=O)OC12CC3CC(C1)C(O)C(C3)C2. The van der Waals surface area contributed by atoms with Gasteiger partial charge in [-0.2, -0.15) is 0 Å². The van der Waals surface area contributed by atoms with Crippen LogP contribution < -0.4 is 0 Å². The van der Waals surface area contributed by atoms with Crippen LogP contribution in [-0.2, 0) is 18.9 Å². The number of esters is 1. The van der Waals surface area contributed by atoms with Gasteiger partial charge in [-0.1, -0.05) is 31.2 Å². The van der Waals surface area contributed by atoms with Gasteiger partial charge in [0.25, 0.3) is 5.00 Å². The molecular weight excluding hydrogens is 363 g/mol. The van der Waals surface area contributed by atoms with Gasteiger partial charge in [-0.25, -0.2) is 14.4 Å². The van der Waals surface area contributed by atoms with Crippen LogP contribution in [-0.4, -0.2) is 33.0 Å². The Morgan fingerprint density at radius 3 is 2.54 bits per heavy atom. The summed E-state index contributed by atoms with van der Waals surface area (Å²) in [6, 6.07) is 0. The number of aliphatic hydroxyl groups excluding tert-OH is 1. The Bertz CT molecular complexity index is 490. The van der Waals surface area contributed by atoms with Crippen LogP contribution in [0.1, 0.15) is 71.1 Å². The average molecular weight is 392 g/mol. The van der Waals surface area contributed by atoms with Crippen LogP contribution in [0, 0.1) is 17.8 Å². The summed E-state index contributed by atoms with van der Waals surface area (Å²) in [5, 5.41) is 19.8. The summed E-state index contributed by atoms with van der Waals surface area (Å²) in [4.78, 5) is 12.7. The third kappa shape index (κ3) is 4.19. The van der Waals surface area contributed by atoms with Crippen molar-refractivity contribution in [2.45, 2.75) is 87.8 Å². The molecule has 150 valence electrons. The predicted molar refractivity (Wildman–Crippen MR) is 93.4 cm³/mol. The molecule has 4 aliphatic carbocycles. The Balaban J connectivity index is 1.65. The van der Waals surface area contributed by atoms with E-state index in [0.29, 0.717) is 25.2 Å². The normalized spacial score (nSPS) is 37.5. The van der Waals surface area contributed by atoms with Gasteiger partial charge in [-0.15, -0.1) is 4.33 Å². The number of unbranched alkanes of at least 4 members (excludes halogenated alkanes) is 3. The molecule has 4 aliphatic rings. The van der Waals surface area contributed by atoms with Crippen molar-refractivity contribution in [3.8, 4) is 0 Å². The summed E-state index contributed by atoms with van der Waals surface area (Å²) in [5.41, 5.74) is -0.672. The summed E-state index contributed by atoms with van der Waals surface area (Å²) in [5.74, 6) is -0.256. The van der Waals surface area contributed by atoms with Crippen molar-refractivity contribution >= 4 is 18.0 Å². The fourth-order valence-corrected chi connectivity index (χ4v) is 5.82. The lowest BCUT2D eigenvalue weighted by molar-refractivity contribution is -0.432. The Morgan fingerprint density at radius 1 is 1.23 bits per heavy atom. The molecule has 4 rings (SSSR count). The smallest absolute Gasteiger partial charge is 0.357 e. The molecular formula is C18H29FO6S. The average Bonchev–Trinajstić information content (AvgIpc) is 2.60. The number of alkyl halides is 1. The zero-order valence-corrected chi connectivity index (χ0v) is 16.0. The highest BCUT2D eigenvalue weighted by atomic mass is 32.2. The minimum atomic E-state index is -2.42. The van der Waals surface area contributed by atoms with Crippen LogP contribution in [0.4, 0.5) is 4.39 Å². The topological polar surface area (TPSA) is 85.2 Å². The van der Waals surface area contributed by atoms with Crippen LogP contribution in [0.25, 0.3) is 0 Å². The molecule has 0 aromatic carbocycles. The number of aliphatic hydroxyl groups is 1. The summed E-state index contributed by atoms with van der Waals surface area (Å²) < 4.78 is 25.3. The summed E-state index contributed by atoms with van der Waals surface area (Å²) >= 11 is 0.156. The predicted octanol–water partition coefficient (Wildman–Crippen LogP) is 4.17. The first kappa shape index (κ1) is 20.3. The molecule has 0 aromatic rings. The Labute approximate surface area is 157 Å². The number of carbonyl (C=O) groups is 1. The number of halogens is 1. The second-order valence-electron chi connectivity index (χ2n) is 8.30. The van der Waals surface area contributed by atoms with Gasteiger partial charge in [0.05, 0.1) is 18.1 Å². The molecule has 4 bridgehead atoms. The Hall–Kier alpha value is -0.410. The van der Waals surface area contributed by atoms with Crippen molar-refractivity contribution in [3.05, 3.63) is 0 Å². The maximum atomic E-state index is 15.3. The van der Waals surface area contributed by atoms with E-state index in [1.54, 1.807) is 0 Å². The lowest BCUT2D eigenvalue weighted by Crippen LogP contribution is -2.59. The zero-order chi connectivity index (χ0) is 18.8. The van der Waals surface area contributed by atoms with Crippen molar-refractivity contribution in [2.75, 3.05) is 0 Å². The third-order valence-electron chi connectivity index (χ3n) is 6.33. The van der Waals surface area contributed by atoms with Gasteiger partial charge in [0.2, 0.25) is 0 Å². The van der Waals surface area contributed by atoms with Crippen molar-refractivity contribution in [1.82, 2.24) is 0 Å². The minimum Gasteiger partial charge on any atom is -0.456 e. The first-order chi connectivity index (χ1) is 12.4. The lowest BCUT2D eigenvalue weighted by Gasteiger charge is -2.57. The molecule has 0 spiro atoms.